The Morgan fingerprint density at radius 2 is 1.77 bits per heavy atom. The molecule has 6 atom stereocenters. The van der Waals surface area contributed by atoms with E-state index in [-0.39, 0.29) is 12.8 Å². The first-order chi connectivity index (χ1) is 11.6. The van der Waals surface area contributed by atoms with Gasteiger partial charge in [-0.05, 0) is 18.8 Å². The molecule has 3 rings (SSSR count). The van der Waals surface area contributed by atoms with Gasteiger partial charge in [0.1, 0.15) is 5.25 Å². The fraction of sp³-hybridized carbons (Fsp3) is 0.909. The van der Waals surface area contributed by atoms with Gasteiger partial charge in [0.15, 0.2) is 0 Å². The van der Waals surface area contributed by atoms with Crippen LogP contribution >= 0.6 is 0 Å². The van der Waals surface area contributed by atoms with Crippen LogP contribution in [0.4, 0.5) is 22.0 Å². The van der Waals surface area contributed by atoms with Gasteiger partial charge in [-0.3, -0.25) is 13.5 Å². The second-order valence-electron chi connectivity index (χ2n) is 6.41. The molecule has 0 aromatic heterocycles. The summed E-state index contributed by atoms with van der Waals surface area (Å²) in [7, 11) is -10.9. The topological polar surface area (TPSA) is 124 Å². The Hall–Kier alpha value is -1.06. The smallest absolute Gasteiger partial charge is 0.432 e. The third-order valence-electron chi connectivity index (χ3n) is 4.91. The fourth-order valence-electron chi connectivity index (χ4n) is 3.97. The molecule has 3 fully saturated rings. The van der Waals surface area contributed by atoms with Crippen LogP contribution in [0.1, 0.15) is 12.8 Å². The van der Waals surface area contributed by atoms with E-state index in [1.807, 2.05) is 0 Å². The molecular weight excluding hydrogens is 419 g/mol. The van der Waals surface area contributed by atoms with Crippen LogP contribution in [-0.4, -0.2) is 56.2 Å². The fourth-order valence-corrected chi connectivity index (χ4v) is 6.52. The van der Waals surface area contributed by atoms with Crippen LogP contribution in [0.2, 0.25) is 0 Å². The van der Waals surface area contributed by atoms with Crippen molar-refractivity contribution < 1.29 is 57.1 Å². The van der Waals surface area contributed by atoms with Crippen molar-refractivity contribution in [1.82, 2.24) is 0 Å². The summed E-state index contributed by atoms with van der Waals surface area (Å²) in [5.74, 6) is -5.05. The standard InChI is InChI=1S/C11H11F5O8S2/c12-10(13,14)9(11(15,16)26(20,21)22)23-8(17)6-3-1-4-5(2-3)24-25(18,19)7(4)6/h3-7,9H,1-2H2,(H,20,21,22). The Labute approximate surface area is 143 Å². The Morgan fingerprint density at radius 1 is 1.19 bits per heavy atom. The molecule has 0 aromatic rings. The highest BCUT2D eigenvalue weighted by Crippen LogP contribution is 2.58. The zero-order valence-electron chi connectivity index (χ0n) is 12.4. The predicted octanol–water partition coefficient (Wildman–Crippen LogP) is 0.694. The van der Waals surface area contributed by atoms with Gasteiger partial charge < -0.3 is 4.74 Å². The van der Waals surface area contributed by atoms with E-state index in [9.17, 15) is 43.6 Å². The van der Waals surface area contributed by atoms with Crippen LogP contribution in [-0.2, 0) is 34.0 Å². The molecule has 26 heavy (non-hydrogen) atoms. The normalized spacial score (nSPS) is 36.9. The first-order valence-corrected chi connectivity index (χ1v) is 10.0. The molecule has 0 spiro atoms. The van der Waals surface area contributed by atoms with E-state index in [2.05, 4.69) is 4.74 Å². The number of carbonyl (C=O) groups is 1. The van der Waals surface area contributed by atoms with Crippen LogP contribution in [0, 0.1) is 17.8 Å². The number of carbonyl (C=O) groups excluding carboxylic acids is 1. The quantitative estimate of drug-likeness (QED) is 0.299. The van der Waals surface area contributed by atoms with Crippen molar-refractivity contribution in [2.24, 2.45) is 17.8 Å². The minimum atomic E-state index is -6.57. The van der Waals surface area contributed by atoms with Crippen molar-refractivity contribution in [3.8, 4) is 0 Å². The summed E-state index contributed by atoms with van der Waals surface area (Å²) in [6, 6.07) is 0. The average molecular weight is 430 g/mol. The second-order valence-corrected chi connectivity index (χ2v) is 9.63. The van der Waals surface area contributed by atoms with Crippen LogP contribution in [0.15, 0.2) is 0 Å². The summed E-state index contributed by atoms with van der Waals surface area (Å²) in [6.07, 6.45) is -11.1. The number of halogens is 5. The number of fused-ring (bicyclic) bond motifs is 1. The number of ether oxygens (including phenoxy) is 1. The SMILES string of the molecule is O=C(OC(C(F)(F)F)C(F)(F)S(=O)(=O)O)C1C2CC3OS(=O)(=O)C1C3C2. The molecule has 6 unspecified atom stereocenters. The van der Waals surface area contributed by atoms with Crippen molar-refractivity contribution in [2.45, 2.75) is 41.7 Å². The molecule has 0 amide bonds. The highest BCUT2D eigenvalue weighted by molar-refractivity contribution is 7.87. The summed E-state index contributed by atoms with van der Waals surface area (Å²) in [5, 5.41) is -7.40. The minimum Gasteiger partial charge on any atom is -0.444 e. The molecule has 3 aliphatic rings. The van der Waals surface area contributed by atoms with Gasteiger partial charge in [0, 0.05) is 5.92 Å². The molecule has 2 aliphatic carbocycles. The highest BCUT2D eigenvalue weighted by Gasteiger charge is 2.70. The third kappa shape index (κ3) is 2.79. The minimum absolute atomic E-state index is 0.0194. The molecule has 2 bridgehead atoms. The summed E-state index contributed by atoms with van der Waals surface area (Å²) in [5.41, 5.74) is 0. The summed E-state index contributed by atoms with van der Waals surface area (Å²) in [4.78, 5) is 12.1. The van der Waals surface area contributed by atoms with E-state index >= 15 is 0 Å². The lowest BCUT2D eigenvalue weighted by Gasteiger charge is -2.29. The lowest BCUT2D eigenvalue weighted by Crippen LogP contribution is -2.53. The predicted molar refractivity (Wildman–Crippen MR) is 69.7 cm³/mol. The van der Waals surface area contributed by atoms with Crippen LogP contribution in [0.5, 0.6) is 0 Å². The van der Waals surface area contributed by atoms with Gasteiger partial charge in [0.25, 0.3) is 16.2 Å². The van der Waals surface area contributed by atoms with E-state index in [1.165, 1.54) is 0 Å². The highest BCUT2D eigenvalue weighted by atomic mass is 32.2. The van der Waals surface area contributed by atoms with E-state index in [0.29, 0.717) is 0 Å². The zero-order chi connectivity index (χ0) is 19.9. The number of rotatable bonds is 4. The Bertz CT molecular complexity index is 833. The first-order valence-electron chi connectivity index (χ1n) is 7.11. The van der Waals surface area contributed by atoms with Gasteiger partial charge in [0.05, 0.1) is 12.0 Å². The Morgan fingerprint density at radius 3 is 2.27 bits per heavy atom. The maximum absolute atomic E-state index is 13.5. The first kappa shape index (κ1) is 19.7. The van der Waals surface area contributed by atoms with Crippen molar-refractivity contribution in [1.29, 1.82) is 0 Å². The van der Waals surface area contributed by atoms with Gasteiger partial charge in [-0.25, -0.2) is 0 Å². The van der Waals surface area contributed by atoms with E-state index in [0.717, 1.165) is 0 Å². The van der Waals surface area contributed by atoms with Crippen molar-refractivity contribution in [3.63, 3.8) is 0 Å². The Balaban J connectivity index is 1.91. The van der Waals surface area contributed by atoms with Crippen molar-refractivity contribution >= 4 is 26.2 Å². The molecular formula is C11H11F5O8S2. The molecule has 0 aromatic carbocycles. The van der Waals surface area contributed by atoms with Crippen molar-refractivity contribution in [3.05, 3.63) is 0 Å². The molecule has 2 saturated carbocycles. The monoisotopic (exact) mass is 430 g/mol. The summed E-state index contributed by atoms with van der Waals surface area (Å²) in [6.45, 7) is 0. The van der Waals surface area contributed by atoms with Gasteiger partial charge in [-0.15, -0.1) is 0 Å². The molecule has 1 N–H and O–H groups in total. The molecule has 150 valence electrons. The lowest BCUT2D eigenvalue weighted by atomic mass is 9.87. The molecule has 1 aliphatic heterocycles. The molecule has 15 heteroatoms. The maximum atomic E-state index is 13.5. The lowest BCUT2D eigenvalue weighted by molar-refractivity contribution is -0.261. The largest absolute Gasteiger partial charge is 0.444 e. The van der Waals surface area contributed by atoms with Crippen LogP contribution in [0.25, 0.3) is 0 Å². The summed E-state index contributed by atoms with van der Waals surface area (Å²) >= 11 is 0. The second kappa shape index (κ2) is 5.48. The maximum Gasteiger partial charge on any atom is 0.432 e. The Kier molecular flexibility index (Phi) is 4.15. The van der Waals surface area contributed by atoms with Gasteiger partial charge in [-0.1, -0.05) is 0 Å². The molecule has 1 saturated heterocycles. The molecule has 8 nitrogen and oxygen atoms in total. The third-order valence-corrected chi connectivity index (χ3v) is 7.64. The van der Waals surface area contributed by atoms with Crippen molar-refractivity contribution in [2.75, 3.05) is 0 Å². The average Bonchev–Trinajstić information content (AvgIpc) is 3.01. The molecule has 0 radical (unpaired) electrons. The van der Waals surface area contributed by atoms with E-state index < -0.39 is 72.8 Å². The van der Waals surface area contributed by atoms with Gasteiger partial charge >= 0.3 is 27.5 Å². The van der Waals surface area contributed by atoms with E-state index in [1.54, 1.807) is 0 Å². The molecule has 1 heterocycles. The summed E-state index contributed by atoms with van der Waals surface area (Å²) < 4.78 is 127. The van der Waals surface area contributed by atoms with Gasteiger partial charge in [0.2, 0.25) is 0 Å². The zero-order valence-corrected chi connectivity index (χ0v) is 14.0. The number of alkyl halides is 5. The van der Waals surface area contributed by atoms with Gasteiger partial charge in [-0.2, -0.15) is 38.8 Å². The van der Waals surface area contributed by atoms with E-state index in [4.69, 9.17) is 8.74 Å². The van der Waals surface area contributed by atoms with Crippen LogP contribution < -0.4 is 0 Å². The number of hydrogen-bond donors (Lipinski definition) is 1. The number of hydrogen-bond acceptors (Lipinski definition) is 7. The number of esters is 1. The van der Waals surface area contributed by atoms with Crippen LogP contribution in [0.3, 0.4) is 0 Å².